The highest BCUT2D eigenvalue weighted by atomic mass is 127. The molecule has 0 bridgehead atoms. The number of anilines is 2. The van der Waals surface area contributed by atoms with Crippen LogP contribution in [0.4, 0.5) is 11.8 Å². The van der Waals surface area contributed by atoms with Gasteiger partial charge in [-0.2, -0.15) is 4.98 Å². The number of allylic oxidation sites excluding steroid dienone is 2. The van der Waals surface area contributed by atoms with E-state index in [0.717, 1.165) is 45.3 Å². The van der Waals surface area contributed by atoms with Crippen molar-refractivity contribution in [1.82, 2.24) is 15.0 Å². The molecule has 3 rings (SSSR count). The van der Waals surface area contributed by atoms with E-state index in [0.29, 0.717) is 6.54 Å². The van der Waals surface area contributed by atoms with Crippen LogP contribution in [0, 0.1) is 0 Å². The van der Waals surface area contributed by atoms with Crippen LogP contribution in [0.1, 0.15) is 37.3 Å². The molecule has 28 heavy (non-hydrogen) atoms. The molecule has 0 amide bonds. The summed E-state index contributed by atoms with van der Waals surface area (Å²) in [7, 11) is 1.68. The summed E-state index contributed by atoms with van der Waals surface area (Å²) in [6.45, 7) is 4.66. The SMILES string of the molecule is C/C=C(I)\C(=C/c1cnc(N2CCCCC2)nc1NCc1cccnc1)OC. The van der Waals surface area contributed by atoms with Crippen molar-refractivity contribution in [3.63, 3.8) is 0 Å². The molecule has 1 aliphatic rings. The summed E-state index contributed by atoms with van der Waals surface area (Å²) in [5.74, 6) is 2.38. The smallest absolute Gasteiger partial charge is 0.227 e. The van der Waals surface area contributed by atoms with Gasteiger partial charge in [0.1, 0.15) is 11.6 Å². The molecule has 6 nitrogen and oxygen atoms in total. The Morgan fingerprint density at radius 2 is 2.11 bits per heavy atom. The topological polar surface area (TPSA) is 63.2 Å². The maximum Gasteiger partial charge on any atom is 0.227 e. The van der Waals surface area contributed by atoms with Crippen molar-refractivity contribution < 1.29 is 4.74 Å². The molecule has 7 heteroatoms. The van der Waals surface area contributed by atoms with E-state index in [-0.39, 0.29) is 0 Å². The predicted octanol–water partition coefficient (Wildman–Crippen LogP) is 4.80. The second-order valence-electron chi connectivity index (χ2n) is 6.59. The van der Waals surface area contributed by atoms with E-state index in [1.807, 2.05) is 43.6 Å². The molecule has 1 N–H and O–H groups in total. The number of pyridine rings is 1. The van der Waals surface area contributed by atoms with Crippen LogP contribution in [0.5, 0.6) is 0 Å². The van der Waals surface area contributed by atoms with Crippen LogP contribution in [0.2, 0.25) is 0 Å². The first-order valence-corrected chi connectivity index (χ1v) is 10.6. The Hall–Kier alpha value is -2.16. The molecule has 0 aliphatic carbocycles. The Kier molecular flexibility index (Phi) is 7.64. The summed E-state index contributed by atoms with van der Waals surface area (Å²) in [6.07, 6.45) is 13.2. The molecular weight excluding hydrogens is 465 g/mol. The largest absolute Gasteiger partial charge is 0.496 e. The van der Waals surface area contributed by atoms with Gasteiger partial charge in [0.25, 0.3) is 0 Å². The van der Waals surface area contributed by atoms with Gasteiger partial charge in [0.2, 0.25) is 5.95 Å². The van der Waals surface area contributed by atoms with E-state index in [1.54, 1.807) is 13.3 Å². The molecule has 0 radical (unpaired) electrons. The van der Waals surface area contributed by atoms with Gasteiger partial charge in [0.05, 0.1) is 10.7 Å². The number of piperidine rings is 1. The van der Waals surface area contributed by atoms with Gasteiger partial charge in [-0.15, -0.1) is 0 Å². The number of ether oxygens (including phenoxy) is 1. The second-order valence-corrected chi connectivity index (χ2v) is 7.75. The highest BCUT2D eigenvalue weighted by Gasteiger charge is 2.16. The van der Waals surface area contributed by atoms with Gasteiger partial charge in [0.15, 0.2) is 0 Å². The fourth-order valence-electron chi connectivity index (χ4n) is 3.07. The van der Waals surface area contributed by atoms with Crippen LogP contribution in [-0.4, -0.2) is 35.2 Å². The maximum atomic E-state index is 5.55. The Morgan fingerprint density at radius 1 is 1.29 bits per heavy atom. The van der Waals surface area contributed by atoms with Crippen LogP contribution in [0.15, 0.2) is 46.1 Å². The summed E-state index contributed by atoms with van der Waals surface area (Å²) < 4.78 is 6.59. The van der Waals surface area contributed by atoms with Gasteiger partial charge < -0.3 is 15.0 Å². The summed E-state index contributed by atoms with van der Waals surface area (Å²) in [4.78, 5) is 15.9. The van der Waals surface area contributed by atoms with Crippen molar-refractivity contribution >= 4 is 40.4 Å². The van der Waals surface area contributed by atoms with E-state index in [2.05, 4.69) is 42.8 Å². The summed E-state index contributed by atoms with van der Waals surface area (Å²) in [5.41, 5.74) is 2.00. The van der Waals surface area contributed by atoms with Gasteiger partial charge in [0, 0.05) is 43.8 Å². The van der Waals surface area contributed by atoms with Crippen molar-refractivity contribution in [2.75, 3.05) is 30.4 Å². The first-order valence-electron chi connectivity index (χ1n) is 9.54. The zero-order valence-electron chi connectivity index (χ0n) is 16.4. The molecule has 1 fully saturated rings. The van der Waals surface area contributed by atoms with Crippen LogP contribution in [0.3, 0.4) is 0 Å². The van der Waals surface area contributed by atoms with Crippen molar-refractivity contribution in [2.45, 2.75) is 32.7 Å². The minimum Gasteiger partial charge on any atom is -0.496 e. The monoisotopic (exact) mass is 491 g/mol. The average molecular weight is 491 g/mol. The lowest BCUT2D eigenvalue weighted by molar-refractivity contribution is 0.310. The first kappa shape index (κ1) is 20.6. The van der Waals surface area contributed by atoms with Gasteiger partial charge in [-0.3, -0.25) is 4.98 Å². The molecule has 0 spiro atoms. The highest BCUT2D eigenvalue weighted by molar-refractivity contribution is 14.1. The molecule has 2 aromatic heterocycles. The standard InChI is InChI=1S/C21H26IN5O/c1-3-18(22)19(28-2)12-17-15-25-21(27-10-5-4-6-11-27)26-20(17)24-14-16-8-7-9-23-13-16/h3,7-9,12-13,15H,4-6,10-11,14H2,1-2H3,(H,24,25,26)/b18-3+,19-12+. The van der Waals surface area contributed by atoms with Crippen LogP contribution in [0.25, 0.3) is 6.08 Å². The molecule has 2 aromatic rings. The highest BCUT2D eigenvalue weighted by Crippen LogP contribution is 2.26. The van der Waals surface area contributed by atoms with E-state index in [1.165, 1.54) is 19.3 Å². The zero-order chi connectivity index (χ0) is 19.8. The summed E-state index contributed by atoms with van der Waals surface area (Å²) in [5, 5.41) is 3.46. The molecule has 0 atom stereocenters. The van der Waals surface area contributed by atoms with E-state index < -0.39 is 0 Å². The lowest BCUT2D eigenvalue weighted by Gasteiger charge is -2.27. The number of nitrogens with zero attached hydrogens (tertiary/aromatic N) is 4. The zero-order valence-corrected chi connectivity index (χ0v) is 18.5. The Labute approximate surface area is 180 Å². The quantitative estimate of drug-likeness (QED) is 0.341. The normalized spacial score (nSPS) is 15.5. The molecule has 1 aliphatic heterocycles. The summed E-state index contributed by atoms with van der Waals surface area (Å²) >= 11 is 2.27. The third kappa shape index (κ3) is 5.43. The predicted molar refractivity (Wildman–Crippen MR) is 122 cm³/mol. The molecule has 0 saturated carbocycles. The number of rotatable bonds is 7. The minimum absolute atomic E-state index is 0.647. The fraction of sp³-hybridized carbons (Fsp3) is 0.381. The third-order valence-corrected chi connectivity index (χ3v) is 5.78. The molecular formula is C21H26IN5O. The first-order chi connectivity index (χ1) is 13.7. The number of hydrogen-bond acceptors (Lipinski definition) is 6. The van der Waals surface area contributed by atoms with Gasteiger partial charge in [-0.1, -0.05) is 12.1 Å². The van der Waals surface area contributed by atoms with Gasteiger partial charge >= 0.3 is 0 Å². The van der Waals surface area contributed by atoms with E-state index >= 15 is 0 Å². The molecule has 0 aromatic carbocycles. The lowest BCUT2D eigenvalue weighted by Crippen LogP contribution is -2.31. The van der Waals surface area contributed by atoms with Crippen LogP contribution >= 0.6 is 22.6 Å². The summed E-state index contributed by atoms with van der Waals surface area (Å²) in [6, 6.07) is 3.99. The number of halogens is 1. The third-order valence-electron chi connectivity index (χ3n) is 4.62. The number of aromatic nitrogens is 3. The van der Waals surface area contributed by atoms with Crippen molar-refractivity contribution in [2.24, 2.45) is 0 Å². The van der Waals surface area contributed by atoms with Crippen molar-refractivity contribution in [1.29, 1.82) is 0 Å². The fourth-order valence-corrected chi connectivity index (χ4v) is 3.45. The number of nitrogens with one attached hydrogen (secondary N) is 1. The number of methoxy groups -OCH3 is 1. The van der Waals surface area contributed by atoms with Crippen LogP contribution in [-0.2, 0) is 11.3 Å². The average Bonchev–Trinajstić information content (AvgIpc) is 2.77. The molecule has 0 unspecified atom stereocenters. The number of hydrogen-bond donors (Lipinski definition) is 1. The maximum absolute atomic E-state index is 5.55. The Balaban J connectivity index is 1.91. The molecule has 1 saturated heterocycles. The lowest BCUT2D eigenvalue weighted by atomic mass is 10.1. The van der Waals surface area contributed by atoms with Crippen LogP contribution < -0.4 is 10.2 Å². The Morgan fingerprint density at radius 3 is 2.79 bits per heavy atom. The minimum atomic E-state index is 0.647. The van der Waals surface area contributed by atoms with Gasteiger partial charge in [-0.25, -0.2) is 4.98 Å². The van der Waals surface area contributed by atoms with Crippen molar-refractivity contribution in [3.8, 4) is 0 Å². The molecule has 148 valence electrons. The molecule has 3 heterocycles. The van der Waals surface area contributed by atoms with Crippen molar-refractivity contribution in [3.05, 3.63) is 57.3 Å². The van der Waals surface area contributed by atoms with Gasteiger partial charge in [-0.05, 0) is 66.5 Å². The van der Waals surface area contributed by atoms with E-state index in [4.69, 9.17) is 9.72 Å². The second kappa shape index (κ2) is 10.4. The van der Waals surface area contributed by atoms with E-state index in [9.17, 15) is 0 Å². The Bertz CT molecular complexity index is 832.